The number of anilines is 1. The molecule has 0 spiro atoms. The molecule has 2 saturated heterocycles. The van der Waals surface area contributed by atoms with Gasteiger partial charge in [0.05, 0.1) is 29.4 Å². The van der Waals surface area contributed by atoms with Crippen molar-refractivity contribution in [1.29, 1.82) is 0 Å². The lowest BCUT2D eigenvalue weighted by Gasteiger charge is -2.33. The van der Waals surface area contributed by atoms with Crippen molar-refractivity contribution >= 4 is 17.9 Å². The standard InChI is InChI=1S/C30H26F7N3O5/c1-15-27(17-9-18(29(32,33)34)12-19(10-17)30(35,36)37)45-28(44)40(15)14-23-20(4-5-25(38-23)39-7-2-8-39)21-11-16(3-6-26(42)43)22(31)13-24(21)41/h4-5,9-13,15,27,41H,2-3,6-8,14H2,1H3,(H,42,43). The molecule has 5 rings (SSSR count). The van der Waals surface area contributed by atoms with E-state index in [4.69, 9.17) is 9.84 Å². The highest BCUT2D eigenvalue weighted by Crippen LogP contribution is 2.42. The van der Waals surface area contributed by atoms with Gasteiger partial charge in [0, 0.05) is 36.7 Å². The zero-order valence-electron chi connectivity index (χ0n) is 23.5. The minimum Gasteiger partial charge on any atom is -0.507 e. The number of carbonyl (C=O) groups is 2. The van der Waals surface area contributed by atoms with Crippen LogP contribution in [-0.2, 0) is 34.8 Å². The van der Waals surface area contributed by atoms with Crippen LogP contribution >= 0.6 is 0 Å². The number of amides is 1. The zero-order chi connectivity index (χ0) is 32.8. The van der Waals surface area contributed by atoms with E-state index in [1.165, 1.54) is 13.0 Å². The summed E-state index contributed by atoms with van der Waals surface area (Å²) in [4.78, 5) is 31.8. The summed E-state index contributed by atoms with van der Waals surface area (Å²) in [6.45, 7) is 2.45. The van der Waals surface area contributed by atoms with Crippen LogP contribution in [0.3, 0.4) is 0 Å². The number of benzene rings is 2. The summed E-state index contributed by atoms with van der Waals surface area (Å²) in [5.41, 5.74) is -3.09. The summed E-state index contributed by atoms with van der Waals surface area (Å²) in [5.74, 6) is -1.98. The summed E-state index contributed by atoms with van der Waals surface area (Å²) in [5, 5.41) is 19.7. The quantitative estimate of drug-likeness (QED) is 0.257. The van der Waals surface area contributed by atoms with Crippen molar-refractivity contribution in [3.63, 3.8) is 0 Å². The number of nitrogens with zero attached hydrogens (tertiary/aromatic N) is 3. The molecule has 2 aliphatic heterocycles. The van der Waals surface area contributed by atoms with E-state index in [0.29, 0.717) is 31.0 Å². The van der Waals surface area contributed by atoms with E-state index in [1.54, 1.807) is 12.1 Å². The number of ether oxygens (including phenoxy) is 1. The molecular weight excluding hydrogens is 615 g/mol. The highest BCUT2D eigenvalue weighted by molar-refractivity contribution is 5.76. The summed E-state index contributed by atoms with van der Waals surface area (Å²) >= 11 is 0. The number of carboxylic acid groups (broad SMARTS) is 1. The third-order valence-corrected chi connectivity index (χ3v) is 7.85. The molecule has 2 N–H and O–H groups in total. The largest absolute Gasteiger partial charge is 0.507 e. The number of hydrogen-bond acceptors (Lipinski definition) is 6. The van der Waals surface area contributed by atoms with E-state index >= 15 is 0 Å². The Morgan fingerprint density at radius 1 is 1.00 bits per heavy atom. The number of halogens is 7. The molecule has 1 aromatic heterocycles. The summed E-state index contributed by atoms with van der Waals surface area (Å²) in [7, 11) is 0. The molecule has 45 heavy (non-hydrogen) atoms. The first-order valence-corrected chi connectivity index (χ1v) is 13.8. The molecule has 2 aliphatic rings. The molecule has 0 radical (unpaired) electrons. The number of aryl methyl sites for hydroxylation is 1. The Bertz CT molecular complexity index is 1610. The minimum atomic E-state index is -5.10. The average Bonchev–Trinajstić information content (AvgIpc) is 3.19. The van der Waals surface area contributed by atoms with Crippen molar-refractivity contribution in [2.24, 2.45) is 0 Å². The molecular formula is C30H26F7N3O5. The van der Waals surface area contributed by atoms with E-state index in [-0.39, 0.29) is 47.8 Å². The molecule has 0 bridgehead atoms. The number of rotatable bonds is 8. The summed E-state index contributed by atoms with van der Waals surface area (Å²) < 4.78 is 101. The van der Waals surface area contributed by atoms with Crippen LogP contribution in [0, 0.1) is 5.82 Å². The summed E-state index contributed by atoms with van der Waals surface area (Å²) in [6, 6.07) is 5.27. The van der Waals surface area contributed by atoms with Crippen LogP contribution in [0.25, 0.3) is 11.1 Å². The Balaban J connectivity index is 1.53. The zero-order valence-corrected chi connectivity index (χ0v) is 23.5. The Morgan fingerprint density at radius 3 is 2.20 bits per heavy atom. The first-order valence-electron chi connectivity index (χ1n) is 13.8. The van der Waals surface area contributed by atoms with Gasteiger partial charge in [-0.3, -0.25) is 9.69 Å². The van der Waals surface area contributed by atoms with Crippen LogP contribution < -0.4 is 4.90 Å². The molecule has 8 nitrogen and oxygen atoms in total. The molecule has 0 saturated carbocycles. The van der Waals surface area contributed by atoms with E-state index in [2.05, 4.69) is 4.98 Å². The van der Waals surface area contributed by atoms with Crippen molar-refractivity contribution in [2.75, 3.05) is 18.0 Å². The minimum absolute atomic E-state index is 0.00185. The first kappa shape index (κ1) is 31.9. The monoisotopic (exact) mass is 641 g/mol. The molecule has 2 fully saturated rings. The van der Waals surface area contributed by atoms with Crippen molar-refractivity contribution in [3.8, 4) is 16.9 Å². The number of aromatic nitrogens is 1. The van der Waals surface area contributed by atoms with Crippen LogP contribution in [0.4, 0.5) is 41.3 Å². The maximum absolute atomic E-state index is 14.6. The number of alkyl halides is 6. The average molecular weight is 642 g/mol. The number of aliphatic carboxylic acids is 1. The highest BCUT2D eigenvalue weighted by atomic mass is 19.4. The molecule has 15 heteroatoms. The topological polar surface area (TPSA) is 103 Å². The molecule has 2 aromatic carbocycles. The lowest BCUT2D eigenvalue weighted by Crippen LogP contribution is -2.38. The third kappa shape index (κ3) is 6.61. The van der Waals surface area contributed by atoms with Gasteiger partial charge in [0.25, 0.3) is 0 Å². The number of hydrogen-bond donors (Lipinski definition) is 2. The SMILES string of the molecule is CC1C(c2cc(C(F)(F)F)cc(C(F)(F)F)c2)OC(=O)N1Cc1nc(N2CCC2)ccc1-c1cc(CCC(=O)O)c(F)cc1O. The van der Waals surface area contributed by atoms with Crippen LogP contribution in [0.5, 0.6) is 5.75 Å². The van der Waals surface area contributed by atoms with Gasteiger partial charge >= 0.3 is 24.4 Å². The molecule has 2 atom stereocenters. The Kier molecular flexibility index (Phi) is 8.31. The van der Waals surface area contributed by atoms with Crippen LogP contribution in [-0.4, -0.2) is 51.3 Å². The lowest BCUT2D eigenvalue weighted by molar-refractivity contribution is -0.143. The fourth-order valence-electron chi connectivity index (χ4n) is 5.30. The first-order chi connectivity index (χ1) is 21.0. The third-order valence-electron chi connectivity index (χ3n) is 7.85. The second kappa shape index (κ2) is 11.7. The Morgan fingerprint density at radius 2 is 1.64 bits per heavy atom. The van der Waals surface area contributed by atoms with E-state index in [0.717, 1.165) is 17.4 Å². The fourth-order valence-corrected chi connectivity index (χ4v) is 5.30. The molecule has 240 valence electrons. The Hall–Kier alpha value is -4.56. The van der Waals surface area contributed by atoms with Crippen molar-refractivity contribution < 1.29 is 55.3 Å². The fraction of sp³-hybridized carbons (Fsp3) is 0.367. The smallest absolute Gasteiger partial charge is 0.416 e. The van der Waals surface area contributed by atoms with Crippen molar-refractivity contribution in [1.82, 2.24) is 9.88 Å². The van der Waals surface area contributed by atoms with Crippen LogP contribution in [0.15, 0.2) is 42.5 Å². The number of phenols is 1. The van der Waals surface area contributed by atoms with Gasteiger partial charge in [0.2, 0.25) is 0 Å². The molecule has 3 heterocycles. The number of aromatic hydroxyl groups is 1. The molecule has 3 aromatic rings. The van der Waals surface area contributed by atoms with E-state index in [1.807, 2.05) is 4.90 Å². The molecule has 1 amide bonds. The second-order valence-corrected chi connectivity index (χ2v) is 10.9. The van der Waals surface area contributed by atoms with E-state index in [9.17, 15) is 45.4 Å². The number of phenolic OH excluding ortho intramolecular Hbond substituents is 1. The van der Waals surface area contributed by atoms with Gasteiger partial charge in [-0.25, -0.2) is 14.2 Å². The number of cyclic esters (lactones) is 1. The number of carbonyl (C=O) groups excluding carboxylic acids is 1. The van der Waals surface area contributed by atoms with E-state index < -0.39 is 64.8 Å². The van der Waals surface area contributed by atoms with Gasteiger partial charge in [0.1, 0.15) is 23.5 Å². The number of pyridine rings is 1. The van der Waals surface area contributed by atoms with Gasteiger partial charge in [-0.05, 0) is 67.3 Å². The van der Waals surface area contributed by atoms with Crippen LogP contribution in [0.1, 0.15) is 53.8 Å². The maximum Gasteiger partial charge on any atom is 0.416 e. The van der Waals surface area contributed by atoms with Gasteiger partial charge in [-0.2, -0.15) is 26.3 Å². The van der Waals surface area contributed by atoms with Gasteiger partial charge < -0.3 is 19.8 Å². The Labute approximate surface area is 251 Å². The molecule has 2 unspecified atom stereocenters. The van der Waals surface area contributed by atoms with Gasteiger partial charge in [-0.1, -0.05) is 0 Å². The second-order valence-electron chi connectivity index (χ2n) is 10.9. The maximum atomic E-state index is 14.6. The lowest BCUT2D eigenvalue weighted by atomic mass is 9.96. The number of carboxylic acids is 1. The normalized spacial score (nSPS) is 18.6. The van der Waals surface area contributed by atoms with Gasteiger partial charge in [0.15, 0.2) is 0 Å². The van der Waals surface area contributed by atoms with Crippen molar-refractivity contribution in [3.05, 3.63) is 76.2 Å². The predicted octanol–water partition coefficient (Wildman–Crippen LogP) is 6.94. The summed E-state index contributed by atoms with van der Waals surface area (Å²) in [6.07, 6.45) is -12.4. The highest BCUT2D eigenvalue weighted by Gasteiger charge is 2.43. The van der Waals surface area contributed by atoms with Crippen LogP contribution in [0.2, 0.25) is 0 Å². The molecule has 0 aliphatic carbocycles. The predicted molar refractivity (Wildman–Crippen MR) is 145 cm³/mol. The van der Waals surface area contributed by atoms with Gasteiger partial charge in [-0.15, -0.1) is 0 Å². The van der Waals surface area contributed by atoms with Crippen molar-refractivity contribution in [2.45, 2.75) is 57.2 Å².